The van der Waals surface area contributed by atoms with Crippen LogP contribution >= 0.6 is 0 Å². The molecule has 0 saturated heterocycles. The van der Waals surface area contributed by atoms with Crippen molar-refractivity contribution in [2.24, 2.45) is 0 Å². The van der Waals surface area contributed by atoms with Crippen molar-refractivity contribution in [2.75, 3.05) is 5.73 Å². The van der Waals surface area contributed by atoms with Gasteiger partial charge < -0.3 is 14.9 Å². The minimum Gasteiger partial charge on any atom is -0.469 e. The third-order valence-corrected chi connectivity index (χ3v) is 2.06. The van der Waals surface area contributed by atoms with Crippen LogP contribution in [0.15, 0.2) is 35.1 Å². The highest BCUT2D eigenvalue weighted by molar-refractivity contribution is 5.47. The van der Waals surface area contributed by atoms with Crippen LogP contribution in [-0.2, 0) is 6.61 Å². The van der Waals surface area contributed by atoms with Gasteiger partial charge in [0.25, 0.3) is 0 Å². The maximum atomic E-state index is 5.73. The van der Waals surface area contributed by atoms with Crippen LogP contribution in [0, 0.1) is 6.92 Å². The van der Waals surface area contributed by atoms with Crippen LogP contribution in [0.5, 0.6) is 5.88 Å². The highest BCUT2D eigenvalue weighted by atomic mass is 16.5. The molecule has 2 N–H and O–H groups in total. The van der Waals surface area contributed by atoms with E-state index in [1.54, 1.807) is 18.5 Å². The van der Waals surface area contributed by atoms with E-state index in [0.29, 0.717) is 18.2 Å². The Bertz CT molecular complexity index is 438. The number of rotatable bonds is 3. The van der Waals surface area contributed by atoms with Gasteiger partial charge in [-0.2, -0.15) is 0 Å². The first-order valence-corrected chi connectivity index (χ1v) is 4.63. The van der Waals surface area contributed by atoms with Crippen LogP contribution in [0.3, 0.4) is 0 Å². The van der Waals surface area contributed by atoms with E-state index in [4.69, 9.17) is 14.9 Å². The zero-order valence-corrected chi connectivity index (χ0v) is 8.43. The van der Waals surface area contributed by atoms with Gasteiger partial charge in [-0.05, 0) is 24.6 Å². The van der Waals surface area contributed by atoms with E-state index in [9.17, 15) is 0 Å². The number of nitrogens with zero attached hydrogens (tertiary/aromatic N) is 1. The Morgan fingerprint density at radius 1 is 1.53 bits per heavy atom. The molecular formula is C11H12N2O2. The predicted molar refractivity (Wildman–Crippen MR) is 56.4 cm³/mol. The van der Waals surface area contributed by atoms with Gasteiger partial charge in [0.05, 0.1) is 6.26 Å². The molecular weight excluding hydrogens is 192 g/mol. The van der Waals surface area contributed by atoms with Crippen molar-refractivity contribution in [3.63, 3.8) is 0 Å². The molecule has 0 aromatic carbocycles. The molecule has 0 aliphatic heterocycles. The summed E-state index contributed by atoms with van der Waals surface area (Å²) in [4.78, 5) is 4.09. The number of nitrogens with two attached hydrogens (primary N) is 1. The number of hydrogen-bond donors (Lipinski definition) is 1. The van der Waals surface area contributed by atoms with Gasteiger partial charge in [-0.1, -0.05) is 0 Å². The number of furan rings is 1. The third-order valence-electron chi connectivity index (χ3n) is 2.06. The average molecular weight is 204 g/mol. The Labute approximate surface area is 87.7 Å². The number of hydrogen-bond acceptors (Lipinski definition) is 4. The lowest BCUT2D eigenvalue weighted by atomic mass is 10.3. The Hall–Kier alpha value is -1.97. The van der Waals surface area contributed by atoms with Crippen LogP contribution in [0.1, 0.15) is 11.3 Å². The quantitative estimate of drug-likeness (QED) is 0.832. The van der Waals surface area contributed by atoms with Crippen LogP contribution in [-0.4, -0.2) is 4.98 Å². The van der Waals surface area contributed by atoms with Gasteiger partial charge in [-0.15, -0.1) is 0 Å². The molecule has 0 aliphatic rings. The lowest BCUT2D eigenvalue weighted by Crippen LogP contribution is -1.98. The Morgan fingerprint density at radius 3 is 3.07 bits per heavy atom. The Kier molecular flexibility index (Phi) is 2.58. The maximum Gasteiger partial charge on any atom is 0.215 e. The van der Waals surface area contributed by atoms with Gasteiger partial charge in [-0.25, -0.2) is 4.98 Å². The van der Waals surface area contributed by atoms with Crippen molar-refractivity contribution in [3.05, 3.63) is 42.0 Å². The van der Waals surface area contributed by atoms with Gasteiger partial charge in [0.2, 0.25) is 5.88 Å². The molecule has 0 unspecified atom stereocenters. The zero-order chi connectivity index (χ0) is 10.7. The van der Waals surface area contributed by atoms with Gasteiger partial charge in [0.1, 0.15) is 12.4 Å². The van der Waals surface area contributed by atoms with Gasteiger partial charge in [0, 0.05) is 18.0 Å². The smallest absolute Gasteiger partial charge is 0.215 e. The molecule has 2 aromatic heterocycles. The van der Waals surface area contributed by atoms with Crippen LogP contribution < -0.4 is 10.5 Å². The molecule has 0 spiro atoms. The Balaban J connectivity index is 2.02. The number of pyridine rings is 1. The number of ether oxygens (including phenoxy) is 1. The average Bonchev–Trinajstić information content (AvgIpc) is 2.73. The molecule has 0 radical (unpaired) electrons. The fraction of sp³-hybridized carbons (Fsp3) is 0.182. The van der Waals surface area contributed by atoms with Crippen LogP contribution in [0.25, 0.3) is 0 Å². The predicted octanol–water partition coefficient (Wildman–Crippen LogP) is 2.14. The maximum absolute atomic E-state index is 5.73. The van der Waals surface area contributed by atoms with Crippen LogP contribution in [0.2, 0.25) is 0 Å². The molecule has 4 nitrogen and oxygen atoms in total. The van der Waals surface area contributed by atoms with E-state index < -0.39 is 0 Å². The van der Waals surface area contributed by atoms with Crippen molar-refractivity contribution < 1.29 is 9.15 Å². The molecule has 4 heteroatoms. The first kappa shape index (κ1) is 9.58. The fourth-order valence-corrected chi connectivity index (χ4v) is 1.14. The summed E-state index contributed by atoms with van der Waals surface area (Å²) in [6.45, 7) is 2.27. The standard InChI is InChI=1S/C11H12N2O2/c1-8-6-13-11(5-10(8)12)15-7-9-3-2-4-14-9/h2-6H,7H2,1H3,(H2,12,13). The number of aryl methyl sites for hydroxylation is 1. The number of aromatic nitrogens is 1. The topological polar surface area (TPSA) is 61.3 Å². The molecule has 2 aromatic rings. The minimum atomic E-state index is 0.364. The summed E-state index contributed by atoms with van der Waals surface area (Å²) in [6, 6.07) is 5.37. The lowest BCUT2D eigenvalue weighted by Gasteiger charge is -2.05. The minimum absolute atomic E-state index is 0.364. The van der Waals surface area contributed by atoms with Gasteiger partial charge in [0.15, 0.2) is 0 Å². The molecule has 15 heavy (non-hydrogen) atoms. The summed E-state index contributed by atoms with van der Waals surface area (Å²) in [5.74, 6) is 1.27. The molecule has 0 bridgehead atoms. The fourth-order valence-electron chi connectivity index (χ4n) is 1.14. The second-order valence-electron chi connectivity index (χ2n) is 3.25. The second-order valence-corrected chi connectivity index (χ2v) is 3.25. The van der Waals surface area contributed by atoms with E-state index in [-0.39, 0.29) is 0 Å². The Morgan fingerprint density at radius 2 is 2.40 bits per heavy atom. The van der Waals surface area contributed by atoms with Gasteiger partial charge >= 0.3 is 0 Å². The molecule has 2 rings (SSSR count). The SMILES string of the molecule is Cc1cnc(OCc2ccco2)cc1N. The summed E-state index contributed by atoms with van der Waals surface area (Å²) in [7, 11) is 0. The largest absolute Gasteiger partial charge is 0.469 e. The summed E-state index contributed by atoms with van der Waals surface area (Å²) in [5, 5.41) is 0. The van der Waals surface area contributed by atoms with E-state index in [2.05, 4.69) is 4.98 Å². The summed E-state index contributed by atoms with van der Waals surface area (Å²) in [6.07, 6.45) is 3.29. The third kappa shape index (κ3) is 2.28. The van der Waals surface area contributed by atoms with Crippen molar-refractivity contribution in [1.82, 2.24) is 4.98 Å². The van der Waals surface area contributed by atoms with E-state index >= 15 is 0 Å². The highest BCUT2D eigenvalue weighted by Crippen LogP contribution is 2.16. The molecule has 2 heterocycles. The normalized spacial score (nSPS) is 10.2. The highest BCUT2D eigenvalue weighted by Gasteiger charge is 2.01. The zero-order valence-electron chi connectivity index (χ0n) is 8.43. The number of nitrogen functional groups attached to an aromatic ring is 1. The van der Waals surface area contributed by atoms with Crippen molar-refractivity contribution in [3.8, 4) is 5.88 Å². The molecule has 78 valence electrons. The van der Waals surface area contributed by atoms with Crippen molar-refractivity contribution >= 4 is 5.69 Å². The van der Waals surface area contributed by atoms with Crippen LogP contribution in [0.4, 0.5) is 5.69 Å². The van der Waals surface area contributed by atoms with E-state index in [1.807, 2.05) is 19.1 Å². The molecule has 0 amide bonds. The van der Waals surface area contributed by atoms with E-state index in [0.717, 1.165) is 11.3 Å². The molecule has 0 fully saturated rings. The number of anilines is 1. The first-order valence-electron chi connectivity index (χ1n) is 4.63. The second kappa shape index (κ2) is 4.04. The lowest BCUT2D eigenvalue weighted by molar-refractivity contribution is 0.260. The summed E-state index contributed by atoms with van der Waals surface area (Å²) < 4.78 is 10.5. The van der Waals surface area contributed by atoms with Crippen molar-refractivity contribution in [2.45, 2.75) is 13.5 Å². The molecule has 0 aliphatic carbocycles. The molecule has 0 atom stereocenters. The van der Waals surface area contributed by atoms with Gasteiger partial charge in [-0.3, -0.25) is 0 Å². The summed E-state index contributed by atoms with van der Waals surface area (Å²) in [5.41, 5.74) is 7.35. The monoisotopic (exact) mass is 204 g/mol. The summed E-state index contributed by atoms with van der Waals surface area (Å²) >= 11 is 0. The first-order chi connectivity index (χ1) is 7.25. The van der Waals surface area contributed by atoms with E-state index in [1.165, 1.54) is 0 Å². The van der Waals surface area contributed by atoms with Crippen molar-refractivity contribution in [1.29, 1.82) is 0 Å². The molecule has 0 saturated carbocycles.